The summed E-state index contributed by atoms with van der Waals surface area (Å²) < 4.78 is 0. The molecule has 0 amide bonds. The molecule has 2 atom stereocenters. The van der Waals surface area contributed by atoms with Gasteiger partial charge in [0.25, 0.3) is 0 Å². The van der Waals surface area contributed by atoms with Gasteiger partial charge in [-0.25, -0.2) is 0 Å². The second-order valence-corrected chi connectivity index (χ2v) is 6.36. The minimum Gasteiger partial charge on any atom is -0.316 e. The summed E-state index contributed by atoms with van der Waals surface area (Å²) in [5, 5.41) is 3.49. The predicted molar refractivity (Wildman–Crippen MR) is 65.0 cm³/mol. The van der Waals surface area contributed by atoms with Crippen LogP contribution in [0.2, 0.25) is 0 Å². The van der Waals surface area contributed by atoms with Crippen LogP contribution in [0.4, 0.5) is 0 Å². The van der Waals surface area contributed by atoms with Crippen LogP contribution in [0.1, 0.15) is 40.0 Å². The third-order valence-corrected chi connectivity index (χ3v) is 4.55. The van der Waals surface area contributed by atoms with Gasteiger partial charge >= 0.3 is 0 Å². The van der Waals surface area contributed by atoms with Crippen LogP contribution in [0.3, 0.4) is 0 Å². The smallest absolute Gasteiger partial charge is 0.00482 e. The molecule has 2 saturated heterocycles. The van der Waals surface area contributed by atoms with E-state index in [1.54, 1.807) is 0 Å². The Hall–Kier alpha value is -0.0800. The van der Waals surface area contributed by atoms with Gasteiger partial charge in [-0.15, -0.1) is 0 Å². The van der Waals surface area contributed by atoms with Crippen LogP contribution in [-0.4, -0.2) is 37.6 Å². The fourth-order valence-corrected chi connectivity index (χ4v) is 3.09. The molecule has 15 heavy (non-hydrogen) atoms. The van der Waals surface area contributed by atoms with Crippen molar-refractivity contribution in [3.63, 3.8) is 0 Å². The Morgan fingerprint density at radius 1 is 1.20 bits per heavy atom. The monoisotopic (exact) mass is 210 g/mol. The summed E-state index contributed by atoms with van der Waals surface area (Å²) in [6.45, 7) is 13.6. The molecular formula is C13H26N2. The van der Waals surface area contributed by atoms with Gasteiger partial charge in [-0.2, -0.15) is 0 Å². The maximum absolute atomic E-state index is 3.49. The molecule has 0 aliphatic carbocycles. The van der Waals surface area contributed by atoms with Crippen LogP contribution in [-0.2, 0) is 0 Å². The Labute approximate surface area is 94.4 Å². The first-order valence-electron chi connectivity index (χ1n) is 6.48. The van der Waals surface area contributed by atoms with E-state index in [1.807, 2.05) is 0 Å². The third kappa shape index (κ3) is 2.54. The number of nitrogens with one attached hydrogen (secondary N) is 1. The number of hydrogen-bond donors (Lipinski definition) is 1. The highest BCUT2D eigenvalue weighted by Gasteiger charge is 2.37. The molecule has 2 unspecified atom stereocenters. The lowest BCUT2D eigenvalue weighted by Crippen LogP contribution is -2.37. The molecule has 0 radical (unpaired) electrons. The fourth-order valence-electron chi connectivity index (χ4n) is 3.09. The van der Waals surface area contributed by atoms with Crippen molar-refractivity contribution in [1.82, 2.24) is 10.2 Å². The molecular weight excluding hydrogens is 184 g/mol. The van der Waals surface area contributed by atoms with E-state index in [2.05, 4.69) is 31.0 Å². The van der Waals surface area contributed by atoms with Crippen molar-refractivity contribution < 1.29 is 0 Å². The molecule has 1 N–H and O–H groups in total. The maximum atomic E-state index is 3.49. The zero-order valence-corrected chi connectivity index (χ0v) is 10.6. The highest BCUT2D eigenvalue weighted by atomic mass is 15.2. The minimum atomic E-state index is 0.541. The Balaban J connectivity index is 1.86. The summed E-state index contributed by atoms with van der Waals surface area (Å²) in [4.78, 5) is 2.69. The SMILES string of the molecule is CCC1(C)CCN(CC2(C)CCNC2)C1. The van der Waals surface area contributed by atoms with Crippen molar-refractivity contribution in [3.05, 3.63) is 0 Å². The Kier molecular flexibility index (Phi) is 3.09. The quantitative estimate of drug-likeness (QED) is 0.767. The molecule has 88 valence electrons. The number of rotatable bonds is 3. The Morgan fingerprint density at radius 3 is 2.53 bits per heavy atom. The molecule has 0 aromatic heterocycles. The standard InChI is InChI=1S/C13H26N2/c1-4-12(2)6-8-15(10-12)11-13(3)5-7-14-9-13/h14H,4-11H2,1-3H3. The van der Waals surface area contributed by atoms with E-state index in [-0.39, 0.29) is 0 Å². The second kappa shape index (κ2) is 4.06. The molecule has 2 heterocycles. The predicted octanol–water partition coefficient (Wildman–Crippen LogP) is 2.11. The van der Waals surface area contributed by atoms with E-state index in [0.717, 1.165) is 0 Å². The molecule has 2 fully saturated rings. The fraction of sp³-hybridized carbons (Fsp3) is 1.00. The number of likely N-dealkylation sites (tertiary alicyclic amines) is 1. The second-order valence-electron chi connectivity index (χ2n) is 6.36. The van der Waals surface area contributed by atoms with Gasteiger partial charge in [-0.3, -0.25) is 0 Å². The van der Waals surface area contributed by atoms with E-state index < -0.39 is 0 Å². The third-order valence-electron chi connectivity index (χ3n) is 4.55. The van der Waals surface area contributed by atoms with Gasteiger partial charge in [0.1, 0.15) is 0 Å². The average molecular weight is 210 g/mol. The van der Waals surface area contributed by atoms with E-state index in [0.29, 0.717) is 10.8 Å². The summed E-state index contributed by atoms with van der Waals surface area (Å²) in [5.74, 6) is 0. The van der Waals surface area contributed by atoms with E-state index in [1.165, 1.54) is 52.0 Å². The van der Waals surface area contributed by atoms with Crippen molar-refractivity contribution >= 4 is 0 Å². The topological polar surface area (TPSA) is 15.3 Å². The van der Waals surface area contributed by atoms with Crippen LogP contribution in [0, 0.1) is 10.8 Å². The van der Waals surface area contributed by atoms with Crippen LogP contribution in [0.25, 0.3) is 0 Å². The Morgan fingerprint density at radius 2 is 2.00 bits per heavy atom. The molecule has 0 spiro atoms. The first-order chi connectivity index (χ1) is 7.05. The minimum absolute atomic E-state index is 0.541. The molecule has 2 rings (SSSR count). The molecule has 0 saturated carbocycles. The molecule has 0 aromatic carbocycles. The molecule has 2 aliphatic rings. The summed E-state index contributed by atoms with van der Waals surface area (Å²) in [7, 11) is 0. The van der Waals surface area contributed by atoms with Gasteiger partial charge in [-0.1, -0.05) is 20.8 Å². The van der Waals surface area contributed by atoms with Gasteiger partial charge in [0.05, 0.1) is 0 Å². The lowest BCUT2D eigenvalue weighted by molar-refractivity contribution is 0.187. The summed E-state index contributed by atoms with van der Waals surface area (Å²) >= 11 is 0. The number of hydrogen-bond acceptors (Lipinski definition) is 2. The average Bonchev–Trinajstić information content (AvgIpc) is 2.75. The van der Waals surface area contributed by atoms with Gasteiger partial charge in [-0.05, 0) is 43.2 Å². The van der Waals surface area contributed by atoms with Crippen molar-refractivity contribution in [2.75, 3.05) is 32.7 Å². The lowest BCUT2D eigenvalue weighted by Gasteiger charge is -2.30. The zero-order valence-electron chi connectivity index (χ0n) is 10.6. The summed E-state index contributed by atoms with van der Waals surface area (Å²) in [5.41, 5.74) is 1.14. The van der Waals surface area contributed by atoms with E-state index in [9.17, 15) is 0 Å². The molecule has 2 nitrogen and oxygen atoms in total. The number of nitrogens with zero attached hydrogens (tertiary/aromatic N) is 1. The van der Waals surface area contributed by atoms with Crippen molar-refractivity contribution in [3.8, 4) is 0 Å². The van der Waals surface area contributed by atoms with Gasteiger partial charge in [0.2, 0.25) is 0 Å². The van der Waals surface area contributed by atoms with Crippen molar-refractivity contribution in [2.45, 2.75) is 40.0 Å². The van der Waals surface area contributed by atoms with E-state index in [4.69, 9.17) is 0 Å². The maximum Gasteiger partial charge on any atom is 0.00482 e. The molecule has 0 bridgehead atoms. The van der Waals surface area contributed by atoms with Gasteiger partial charge < -0.3 is 10.2 Å². The van der Waals surface area contributed by atoms with Crippen LogP contribution < -0.4 is 5.32 Å². The van der Waals surface area contributed by atoms with Crippen LogP contribution in [0.5, 0.6) is 0 Å². The van der Waals surface area contributed by atoms with E-state index >= 15 is 0 Å². The largest absolute Gasteiger partial charge is 0.316 e. The Bertz CT molecular complexity index is 221. The molecule has 2 aliphatic heterocycles. The van der Waals surface area contributed by atoms with Crippen LogP contribution in [0.15, 0.2) is 0 Å². The molecule has 2 heteroatoms. The zero-order chi connectivity index (χ0) is 10.9. The van der Waals surface area contributed by atoms with Crippen LogP contribution >= 0.6 is 0 Å². The molecule has 0 aromatic rings. The highest BCUT2D eigenvalue weighted by Crippen LogP contribution is 2.35. The van der Waals surface area contributed by atoms with Crippen molar-refractivity contribution in [2.24, 2.45) is 10.8 Å². The van der Waals surface area contributed by atoms with Gasteiger partial charge in [0.15, 0.2) is 0 Å². The lowest BCUT2D eigenvalue weighted by atomic mass is 9.86. The normalized spacial score (nSPS) is 42.6. The highest BCUT2D eigenvalue weighted by molar-refractivity contribution is 4.91. The summed E-state index contributed by atoms with van der Waals surface area (Å²) in [6.07, 6.45) is 4.08. The first kappa shape index (κ1) is 11.4. The summed E-state index contributed by atoms with van der Waals surface area (Å²) in [6, 6.07) is 0. The van der Waals surface area contributed by atoms with Gasteiger partial charge in [0, 0.05) is 19.6 Å². The first-order valence-corrected chi connectivity index (χ1v) is 6.48. The van der Waals surface area contributed by atoms with Crippen molar-refractivity contribution in [1.29, 1.82) is 0 Å².